The fourth-order valence-corrected chi connectivity index (χ4v) is 3.21. The van der Waals surface area contributed by atoms with Crippen LogP contribution in [0.5, 0.6) is 5.75 Å². The topological polar surface area (TPSA) is 38.3 Å². The van der Waals surface area contributed by atoms with Crippen LogP contribution >= 0.6 is 0 Å². The molecule has 3 heteroatoms. The van der Waals surface area contributed by atoms with E-state index in [1.54, 1.807) is 0 Å². The standard InChI is InChI=1S/C21H25NO2/c1-13-6-9-17-18(12-21(4,5)24-19(17)10-13)22-20(23)16-8-7-14(2)15(3)11-16/h6-11,18H,12H2,1-5H3,(H,22,23)/t18-/m1/s1. The summed E-state index contributed by atoms with van der Waals surface area (Å²) in [7, 11) is 0. The molecule has 1 N–H and O–H groups in total. The first kappa shape index (κ1) is 16.6. The lowest BCUT2D eigenvalue weighted by Crippen LogP contribution is -2.41. The molecular weight excluding hydrogens is 298 g/mol. The maximum atomic E-state index is 12.7. The lowest BCUT2D eigenvalue weighted by Gasteiger charge is -2.38. The highest BCUT2D eigenvalue weighted by Gasteiger charge is 2.34. The van der Waals surface area contributed by atoms with E-state index in [1.165, 1.54) is 5.56 Å². The Morgan fingerprint density at radius 3 is 2.54 bits per heavy atom. The molecule has 0 aliphatic carbocycles. The summed E-state index contributed by atoms with van der Waals surface area (Å²) >= 11 is 0. The number of carbonyl (C=O) groups excluding carboxylic acids is 1. The third kappa shape index (κ3) is 3.30. The van der Waals surface area contributed by atoms with Gasteiger partial charge in [-0.1, -0.05) is 18.2 Å². The van der Waals surface area contributed by atoms with Crippen molar-refractivity contribution in [2.75, 3.05) is 0 Å². The quantitative estimate of drug-likeness (QED) is 0.874. The first-order valence-corrected chi connectivity index (χ1v) is 8.43. The molecule has 3 rings (SSSR count). The number of rotatable bonds is 2. The van der Waals surface area contributed by atoms with Crippen molar-refractivity contribution in [1.29, 1.82) is 0 Å². The highest BCUT2D eigenvalue weighted by atomic mass is 16.5. The molecule has 0 saturated heterocycles. The molecule has 0 saturated carbocycles. The number of amides is 1. The number of hydrogen-bond donors (Lipinski definition) is 1. The van der Waals surface area contributed by atoms with E-state index < -0.39 is 0 Å². The lowest BCUT2D eigenvalue weighted by atomic mass is 9.89. The molecule has 1 aliphatic rings. The van der Waals surface area contributed by atoms with E-state index in [0.29, 0.717) is 5.56 Å². The maximum absolute atomic E-state index is 12.7. The highest BCUT2D eigenvalue weighted by molar-refractivity contribution is 5.94. The number of benzene rings is 2. The number of carbonyl (C=O) groups is 1. The molecule has 1 amide bonds. The average Bonchev–Trinajstić information content (AvgIpc) is 2.48. The Kier molecular flexibility index (Phi) is 4.12. The molecule has 1 atom stereocenters. The molecular formula is C21H25NO2. The summed E-state index contributed by atoms with van der Waals surface area (Å²) in [6.07, 6.45) is 0.750. The molecule has 126 valence electrons. The molecule has 0 spiro atoms. The Bertz CT molecular complexity index is 792. The zero-order chi connectivity index (χ0) is 17.5. The molecule has 1 aliphatic heterocycles. The van der Waals surface area contributed by atoms with Gasteiger partial charge in [0, 0.05) is 17.5 Å². The van der Waals surface area contributed by atoms with Gasteiger partial charge in [0.2, 0.25) is 0 Å². The van der Waals surface area contributed by atoms with Crippen LogP contribution in [0.15, 0.2) is 36.4 Å². The zero-order valence-corrected chi connectivity index (χ0v) is 15.1. The van der Waals surface area contributed by atoms with E-state index >= 15 is 0 Å². The maximum Gasteiger partial charge on any atom is 0.251 e. The minimum absolute atomic E-state index is 0.0349. The van der Waals surface area contributed by atoms with Crippen LogP contribution in [0.4, 0.5) is 0 Å². The van der Waals surface area contributed by atoms with Crippen molar-refractivity contribution in [2.45, 2.75) is 52.7 Å². The Labute approximate surface area is 144 Å². The van der Waals surface area contributed by atoms with Gasteiger partial charge in [-0.15, -0.1) is 0 Å². The van der Waals surface area contributed by atoms with Crippen LogP contribution in [-0.4, -0.2) is 11.5 Å². The van der Waals surface area contributed by atoms with Crippen LogP contribution in [0, 0.1) is 20.8 Å². The van der Waals surface area contributed by atoms with E-state index in [2.05, 4.69) is 38.2 Å². The zero-order valence-electron chi connectivity index (χ0n) is 15.1. The Morgan fingerprint density at radius 2 is 1.83 bits per heavy atom. The number of ether oxygens (including phenoxy) is 1. The van der Waals surface area contributed by atoms with Crippen molar-refractivity contribution in [1.82, 2.24) is 5.32 Å². The molecule has 3 nitrogen and oxygen atoms in total. The number of fused-ring (bicyclic) bond motifs is 1. The molecule has 24 heavy (non-hydrogen) atoms. The molecule has 2 aromatic carbocycles. The smallest absolute Gasteiger partial charge is 0.251 e. The van der Waals surface area contributed by atoms with Gasteiger partial charge in [-0.05, 0) is 69.5 Å². The van der Waals surface area contributed by atoms with Gasteiger partial charge in [-0.2, -0.15) is 0 Å². The number of nitrogens with one attached hydrogen (secondary N) is 1. The van der Waals surface area contributed by atoms with Crippen molar-refractivity contribution < 1.29 is 9.53 Å². The first-order chi connectivity index (χ1) is 11.2. The number of aryl methyl sites for hydroxylation is 3. The van der Waals surface area contributed by atoms with Gasteiger partial charge >= 0.3 is 0 Å². The van der Waals surface area contributed by atoms with Gasteiger partial charge < -0.3 is 10.1 Å². The monoisotopic (exact) mass is 323 g/mol. The molecule has 0 aromatic heterocycles. The fourth-order valence-electron chi connectivity index (χ4n) is 3.21. The fraction of sp³-hybridized carbons (Fsp3) is 0.381. The Morgan fingerprint density at radius 1 is 1.08 bits per heavy atom. The average molecular weight is 323 g/mol. The Hall–Kier alpha value is -2.29. The van der Waals surface area contributed by atoms with Crippen LogP contribution in [0.3, 0.4) is 0 Å². The minimum Gasteiger partial charge on any atom is -0.487 e. The van der Waals surface area contributed by atoms with Gasteiger partial charge in [0.25, 0.3) is 5.91 Å². The summed E-state index contributed by atoms with van der Waals surface area (Å²) in [4.78, 5) is 12.7. The Balaban J connectivity index is 1.89. The summed E-state index contributed by atoms with van der Waals surface area (Å²) < 4.78 is 6.10. The van der Waals surface area contributed by atoms with Gasteiger partial charge in [0.1, 0.15) is 11.4 Å². The molecule has 0 radical (unpaired) electrons. The van der Waals surface area contributed by atoms with Crippen LogP contribution in [0.2, 0.25) is 0 Å². The van der Waals surface area contributed by atoms with E-state index in [1.807, 2.05) is 38.1 Å². The second-order valence-corrected chi connectivity index (χ2v) is 7.43. The predicted molar refractivity (Wildman–Crippen MR) is 96.6 cm³/mol. The van der Waals surface area contributed by atoms with Crippen LogP contribution in [0.25, 0.3) is 0 Å². The van der Waals surface area contributed by atoms with E-state index in [-0.39, 0.29) is 17.6 Å². The second kappa shape index (κ2) is 5.97. The van der Waals surface area contributed by atoms with E-state index in [4.69, 9.17) is 4.74 Å². The second-order valence-electron chi connectivity index (χ2n) is 7.43. The number of hydrogen-bond acceptors (Lipinski definition) is 2. The molecule has 0 fully saturated rings. The van der Waals surface area contributed by atoms with Gasteiger partial charge in [-0.3, -0.25) is 4.79 Å². The largest absolute Gasteiger partial charge is 0.487 e. The molecule has 2 aromatic rings. The SMILES string of the molecule is Cc1ccc2c(c1)OC(C)(C)C[C@H]2NC(=O)c1ccc(C)c(C)c1. The van der Waals surface area contributed by atoms with Crippen LogP contribution < -0.4 is 10.1 Å². The molecule has 0 bridgehead atoms. The van der Waals surface area contributed by atoms with Crippen molar-refractivity contribution in [3.05, 3.63) is 64.2 Å². The molecule has 0 unspecified atom stereocenters. The predicted octanol–water partition coefficient (Wildman–Crippen LogP) is 4.64. The summed E-state index contributed by atoms with van der Waals surface area (Å²) in [5.74, 6) is 0.837. The first-order valence-electron chi connectivity index (χ1n) is 8.43. The normalized spacial score (nSPS) is 18.5. The van der Waals surface area contributed by atoms with Crippen molar-refractivity contribution in [3.63, 3.8) is 0 Å². The highest BCUT2D eigenvalue weighted by Crippen LogP contribution is 2.40. The van der Waals surface area contributed by atoms with Gasteiger partial charge in [-0.25, -0.2) is 0 Å². The van der Waals surface area contributed by atoms with Gasteiger partial charge in [0.15, 0.2) is 0 Å². The third-order valence-electron chi connectivity index (χ3n) is 4.70. The molecule has 1 heterocycles. The van der Waals surface area contributed by atoms with Crippen molar-refractivity contribution >= 4 is 5.91 Å². The van der Waals surface area contributed by atoms with Crippen molar-refractivity contribution in [3.8, 4) is 5.75 Å². The summed E-state index contributed by atoms with van der Waals surface area (Å²) in [6, 6.07) is 12.0. The summed E-state index contributed by atoms with van der Waals surface area (Å²) in [5, 5.41) is 3.19. The van der Waals surface area contributed by atoms with Crippen molar-refractivity contribution in [2.24, 2.45) is 0 Å². The minimum atomic E-state index is -0.304. The summed E-state index contributed by atoms with van der Waals surface area (Å²) in [5.41, 5.74) is 4.94. The van der Waals surface area contributed by atoms with E-state index in [9.17, 15) is 4.79 Å². The van der Waals surface area contributed by atoms with Gasteiger partial charge in [0.05, 0.1) is 6.04 Å². The van der Waals surface area contributed by atoms with E-state index in [0.717, 1.165) is 28.9 Å². The van der Waals surface area contributed by atoms with Crippen LogP contribution in [-0.2, 0) is 0 Å². The third-order valence-corrected chi connectivity index (χ3v) is 4.70. The van der Waals surface area contributed by atoms with Crippen LogP contribution in [0.1, 0.15) is 58.9 Å². The lowest BCUT2D eigenvalue weighted by molar-refractivity contribution is 0.0619. The summed E-state index contributed by atoms with van der Waals surface area (Å²) in [6.45, 7) is 10.3.